The minimum Gasteiger partial charge on any atom is -0.300 e. The van der Waals surface area contributed by atoms with Gasteiger partial charge in [-0.25, -0.2) is 0 Å². The van der Waals surface area contributed by atoms with Crippen LogP contribution in [0.3, 0.4) is 0 Å². The van der Waals surface area contributed by atoms with Gasteiger partial charge >= 0.3 is 0 Å². The average Bonchev–Trinajstić information content (AvgIpc) is 2.95. The van der Waals surface area contributed by atoms with Crippen LogP contribution in [0.4, 0.5) is 0 Å². The van der Waals surface area contributed by atoms with Crippen molar-refractivity contribution in [2.75, 3.05) is 18.4 Å². The molecule has 100 valence electrons. The van der Waals surface area contributed by atoms with Crippen molar-refractivity contribution in [3.05, 3.63) is 35.9 Å². The molecule has 1 aliphatic rings. The maximum atomic E-state index is 3.69. The molecule has 1 nitrogen and oxygen atoms in total. The Morgan fingerprint density at radius 2 is 1.89 bits per heavy atom. The molecular formula is C16H24BrN. The monoisotopic (exact) mass is 309 g/mol. The fourth-order valence-electron chi connectivity index (χ4n) is 3.06. The Labute approximate surface area is 120 Å². The van der Waals surface area contributed by atoms with Gasteiger partial charge in [0.1, 0.15) is 0 Å². The third-order valence-corrected chi connectivity index (χ3v) is 4.94. The van der Waals surface area contributed by atoms with Crippen LogP contribution in [-0.4, -0.2) is 29.4 Å². The first-order valence-electron chi connectivity index (χ1n) is 7.20. The van der Waals surface area contributed by atoms with E-state index < -0.39 is 0 Å². The second-order valence-electron chi connectivity index (χ2n) is 5.29. The number of rotatable bonds is 6. The van der Waals surface area contributed by atoms with Crippen molar-refractivity contribution in [3.8, 4) is 0 Å². The number of hydrogen-bond acceptors (Lipinski definition) is 1. The lowest BCUT2D eigenvalue weighted by Gasteiger charge is -2.31. The Balaban J connectivity index is 2.00. The van der Waals surface area contributed by atoms with Gasteiger partial charge in [0.15, 0.2) is 0 Å². The van der Waals surface area contributed by atoms with Gasteiger partial charge in [0.05, 0.1) is 0 Å². The molecule has 1 atom stereocenters. The molecule has 0 saturated heterocycles. The first-order valence-corrected chi connectivity index (χ1v) is 8.32. The highest BCUT2D eigenvalue weighted by Crippen LogP contribution is 2.27. The lowest BCUT2D eigenvalue weighted by molar-refractivity contribution is 0.200. The first-order chi connectivity index (χ1) is 8.85. The Morgan fingerprint density at radius 1 is 1.22 bits per heavy atom. The number of hydrogen-bond donors (Lipinski definition) is 0. The molecule has 1 aromatic rings. The summed E-state index contributed by atoms with van der Waals surface area (Å²) in [5, 5.41) is 1.06. The van der Waals surface area contributed by atoms with Crippen molar-refractivity contribution in [2.45, 2.75) is 44.6 Å². The highest BCUT2D eigenvalue weighted by Gasteiger charge is 2.23. The third kappa shape index (κ3) is 3.58. The van der Waals surface area contributed by atoms with Crippen LogP contribution < -0.4 is 0 Å². The van der Waals surface area contributed by atoms with E-state index in [9.17, 15) is 0 Å². The molecule has 1 saturated carbocycles. The van der Waals surface area contributed by atoms with Crippen LogP contribution in [0, 0.1) is 0 Å². The smallest absolute Gasteiger partial charge is 0.0112 e. The summed E-state index contributed by atoms with van der Waals surface area (Å²) in [5.74, 6) is 0.617. The summed E-state index contributed by atoms with van der Waals surface area (Å²) in [6.07, 6.45) is 5.65. The van der Waals surface area contributed by atoms with E-state index in [4.69, 9.17) is 0 Å². The maximum absolute atomic E-state index is 3.69. The first kappa shape index (κ1) is 14.1. The van der Waals surface area contributed by atoms with E-state index in [0.717, 1.165) is 11.4 Å². The molecule has 0 N–H and O–H groups in total. The fourth-order valence-corrected chi connectivity index (χ4v) is 3.64. The van der Waals surface area contributed by atoms with Crippen LogP contribution in [0.25, 0.3) is 0 Å². The molecule has 2 heteroatoms. The van der Waals surface area contributed by atoms with Crippen molar-refractivity contribution in [1.82, 2.24) is 4.90 Å². The normalized spacial score (nSPS) is 18.4. The van der Waals surface area contributed by atoms with E-state index in [-0.39, 0.29) is 0 Å². The predicted molar refractivity (Wildman–Crippen MR) is 82.5 cm³/mol. The van der Waals surface area contributed by atoms with E-state index in [2.05, 4.69) is 58.1 Å². The zero-order valence-electron chi connectivity index (χ0n) is 11.3. The molecule has 18 heavy (non-hydrogen) atoms. The highest BCUT2D eigenvalue weighted by atomic mass is 79.9. The molecule has 1 aromatic carbocycles. The Kier molecular flexibility index (Phi) is 5.71. The van der Waals surface area contributed by atoms with Gasteiger partial charge < -0.3 is 4.90 Å². The lowest BCUT2D eigenvalue weighted by Crippen LogP contribution is -2.36. The van der Waals surface area contributed by atoms with Crippen LogP contribution in [0.1, 0.15) is 44.1 Å². The maximum Gasteiger partial charge on any atom is 0.0112 e. The topological polar surface area (TPSA) is 3.24 Å². The van der Waals surface area contributed by atoms with Crippen molar-refractivity contribution >= 4 is 15.9 Å². The number of halogens is 1. The minimum atomic E-state index is 0.617. The summed E-state index contributed by atoms with van der Waals surface area (Å²) in [4.78, 5) is 2.69. The summed E-state index contributed by atoms with van der Waals surface area (Å²) >= 11 is 3.69. The van der Waals surface area contributed by atoms with Gasteiger partial charge in [-0.05, 0) is 24.9 Å². The Bertz CT molecular complexity index is 332. The summed E-state index contributed by atoms with van der Waals surface area (Å²) < 4.78 is 0. The quantitative estimate of drug-likeness (QED) is 0.703. The number of nitrogens with zero attached hydrogens (tertiary/aromatic N) is 1. The van der Waals surface area contributed by atoms with E-state index in [1.165, 1.54) is 44.3 Å². The van der Waals surface area contributed by atoms with Crippen LogP contribution in [-0.2, 0) is 0 Å². The van der Waals surface area contributed by atoms with E-state index >= 15 is 0 Å². The van der Waals surface area contributed by atoms with Gasteiger partial charge in [-0.3, -0.25) is 0 Å². The van der Waals surface area contributed by atoms with E-state index in [0.29, 0.717) is 5.92 Å². The highest BCUT2D eigenvalue weighted by molar-refractivity contribution is 9.09. The average molecular weight is 310 g/mol. The minimum absolute atomic E-state index is 0.617. The predicted octanol–water partition coefficient (Wildman–Crippen LogP) is 4.43. The van der Waals surface area contributed by atoms with E-state index in [1.807, 2.05) is 0 Å². The second kappa shape index (κ2) is 7.30. The van der Waals surface area contributed by atoms with Crippen LogP contribution in [0.2, 0.25) is 0 Å². The molecular weight excluding hydrogens is 286 g/mol. The second-order valence-corrected chi connectivity index (χ2v) is 5.94. The molecule has 1 aliphatic carbocycles. The fraction of sp³-hybridized carbons (Fsp3) is 0.625. The molecule has 0 heterocycles. The summed E-state index contributed by atoms with van der Waals surface area (Å²) in [7, 11) is 0. The summed E-state index contributed by atoms with van der Waals surface area (Å²) in [6, 6.07) is 11.8. The standard InChI is InChI=1S/C16H24BrN/c1-2-18(16-10-6-7-11-16)13-15(12-17)14-8-4-3-5-9-14/h3-5,8-9,15-16H,2,6-7,10-13H2,1H3. The summed E-state index contributed by atoms with van der Waals surface area (Å²) in [6.45, 7) is 4.67. The van der Waals surface area contributed by atoms with Crippen LogP contribution in [0.5, 0.6) is 0 Å². The van der Waals surface area contributed by atoms with Gasteiger partial charge in [0.2, 0.25) is 0 Å². The Hall–Kier alpha value is -0.340. The lowest BCUT2D eigenvalue weighted by atomic mass is 9.99. The van der Waals surface area contributed by atoms with Gasteiger partial charge in [-0.15, -0.1) is 0 Å². The van der Waals surface area contributed by atoms with Crippen molar-refractivity contribution < 1.29 is 0 Å². The molecule has 0 aliphatic heterocycles. The zero-order chi connectivity index (χ0) is 12.8. The largest absolute Gasteiger partial charge is 0.300 e. The third-order valence-electron chi connectivity index (χ3n) is 4.16. The zero-order valence-corrected chi connectivity index (χ0v) is 12.9. The SMILES string of the molecule is CCN(CC(CBr)c1ccccc1)C1CCCC1. The van der Waals surface area contributed by atoms with Gasteiger partial charge in [-0.1, -0.05) is 66.0 Å². The number of benzene rings is 1. The molecule has 0 radical (unpaired) electrons. The molecule has 0 spiro atoms. The van der Waals surface area contributed by atoms with E-state index in [1.54, 1.807) is 0 Å². The molecule has 0 bridgehead atoms. The van der Waals surface area contributed by atoms with Crippen molar-refractivity contribution in [1.29, 1.82) is 0 Å². The van der Waals surface area contributed by atoms with Crippen molar-refractivity contribution in [3.63, 3.8) is 0 Å². The summed E-state index contributed by atoms with van der Waals surface area (Å²) in [5.41, 5.74) is 1.46. The van der Waals surface area contributed by atoms with Crippen molar-refractivity contribution in [2.24, 2.45) is 0 Å². The van der Waals surface area contributed by atoms with Gasteiger partial charge in [0, 0.05) is 23.8 Å². The molecule has 2 rings (SSSR count). The van der Waals surface area contributed by atoms with Gasteiger partial charge in [-0.2, -0.15) is 0 Å². The molecule has 1 fully saturated rings. The molecule has 1 unspecified atom stereocenters. The number of alkyl halides is 1. The molecule has 0 aromatic heterocycles. The van der Waals surface area contributed by atoms with Gasteiger partial charge in [0.25, 0.3) is 0 Å². The molecule has 0 amide bonds. The Morgan fingerprint density at radius 3 is 2.44 bits per heavy atom. The van der Waals surface area contributed by atoms with Crippen LogP contribution >= 0.6 is 15.9 Å². The number of likely N-dealkylation sites (N-methyl/N-ethyl adjacent to an activating group) is 1. The van der Waals surface area contributed by atoms with Crippen LogP contribution in [0.15, 0.2) is 30.3 Å².